The first-order chi connectivity index (χ1) is 14.5. The molecule has 1 unspecified atom stereocenters. The maximum Gasteiger partial charge on any atom is 0.286 e. The molecule has 1 fully saturated rings. The molecule has 3 rings (SSSR count). The summed E-state index contributed by atoms with van der Waals surface area (Å²) in [5.41, 5.74) is -0.401. The lowest BCUT2D eigenvalue weighted by Crippen LogP contribution is -2.40. The monoisotopic (exact) mass is 417 g/mol. The summed E-state index contributed by atoms with van der Waals surface area (Å²) in [7, 11) is 1.43. The number of benzene rings is 1. The van der Waals surface area contributed by atoms with Gasteiger partial charge in [0.1, 0.15) is 11.3 Å². The van der Waals surface area contributed by atoms with E-state index in [-0.39, 0.29) is 35.3 Å². The smallest absolute Gasteiger partial charge is 0.286 e. The number of nitro benzene ring substituents is 1. The van der Waals surface area contributed by atoms with Gasteiger partial charge in [-0.05, 0) is 45.0 Å². The van der Waals surface area contributed by atoms with E-state index in [0.29, 0.717) is 6.61 Å². The molecule has 0 bridgehead atoms. The van der Waals surface area contributed by atoms with Crippen LogP contribution in [0, 0.1) is 10.1 Å². The number of furan rings is 1. The van der Waals surface area contributed by atoms with E-state index in [1.165, 1.54) is 25.7 Å². The van der Waals surface area contributed by atoms with Crippen LogP contribution in [-0.4, -0.2) is 49.1 Å². The molecule has 1 aliphatic heterocycles. The molecule has 0 saturated carbocycles. The quantitative estimate of drug-likeness (QED) is 0.491. The van der Waals surface area contributed by atoms with Gasteiger partial charge in [0.05, 0.1) is 37.0 Å². The highest BCUT2D eigenvalue weighted by atomic mass is 16.6. The van der Waals surface area contributed by atoms with Gasteiger partial charge < -0.3 is 19.2 Å². The minimum Gasteiger partial charge on any atom is -0.493 e. The van der Waals surface area contributed by atoms with Crippen LogP contribution in [0.5, 0.6) is 11.5 Å². The number of methoxy groups -OCH3 is 1. The molecule has 1 saturated heterocycles. The summed E-state index contributed by atoms with van der Waals surface area (Å²) in [6.07, 6.45) is 4.97. The number of rotatable bonds is 9. The molecule has 0 spiro atoms. The lowest BCUT2D eigenvalue weighted by molar-refractivity contribution is -0.385. The number of hydrogen-bond acceptors (Lipinski definition) is 7. The van der Waals surface area contributed by atoms with Crippen LogP contribution >= 0.6 is 0 Å². The molecule has 2 heterocycles. The summed E-state index contributed by atoms with van der Waals surface area (Å²) in [5, 5.41) is 14.4. The minimum atomic E-state index is -0.592. The molecule has 30 heavy (non-hydrogen) atoms. The number of amides is 1. The van der Waals surface area contributed by atoms with Gasteiger partial charge in [0, 0.05) is 12.6 Å². The first-order valence-corrected chi connectivity index (χ1v) is 10.1. The zero-order valence-corrected chi connectivity index (χ0v) is 17.3. The average Bonchev–Trinajstić information content (AvgIpc) is 3.29. The molecule has 0 aliphatic carbocycles. The fourth-order valence-electron chi connectivity index (χ4n) is 3.72. The van der Waals surface area contributed by atoms with E-state index in [2.05, 4.69) is 10.2 Å². The largest absolute Gasteiger partial charge is 0.493 e. The minimum absolute atomic E-state index is 0.0721. The Morgan fingerprint density at radius 2 is 2.07 bits per heavy atom. The molecule has 1 aromatic carbocycles. The van der Waals surface area contributed by atoms with Crippen molar-refractivity contribution in [2.45, 2.75) is 32.2 Å². The summed E-state index contributed by atoms with van der Waals surface area (Å²) in [6.45, 7) is 4.19. The van der Waals surface area contributed by atoms with Crippen LogP contribution in [0.25, 0.3) is 0 Å². The van der Waals surface area contributed by atoms with Crippen molar-refractivity contribution in [3.05, 3.63) is 52.0 Å². The zero-order chi connectivity index (χ0) is 21.5. The molecule has 0 radical (unpaired) electrons. The van der Waals surface area contributed by atoms with Gasteiger partial charge in [-0.2, -0.15) is 0 Å². The van der Waals surface area contributed by atoms with Crippen LogP contribution in [0.4, 0.5) is 5.69 Å². The number of nitro groups is 1. The van der Waals surface area contributed by atoms with Crippen molar-refractivity contribution in [3.8, 4) is 11.5 Å². The Hall–Kier alpha value is -3.07. The SMILES string of the molecule is CCOc1cc([N+](=O)[O-])c(C(=O)NCC(c2ccco2)N2CCCCC2)cc1OC. The third kappa shape index (κ3) is 4.91. The molecule has 162 valence electrons. The molecule has 9 heteroatoms. The molecule has 1 amide bonds. The second-order valence-corrected chi connectivity index (χ2v) is 7.05. The maximum atomic E-state index is 12.9. The number of nitrogens with one attached hydrogen (secondary N) is 1. The third-order valence-electron chi connectivity index (χ3n) is 5.18. The van der Waals surface area contributed by atoms with Gasteiger partial charge in [0.25, 0.3) is 11.6 Å². The van der Waals surface area contributed by atoms with E-state index in [9.17, 15) is 14.9 Å². The van der Waals surface area contributed by atoms with E-state index < -0.39 is 10.8 Å². The van der Waals surface area contributed by atoms with Crippen molar-refractivity contribution in [3.63, 3.8) is 0 Å². The predicted molar refractivity (Wildman–Crippen MR) is 110 cm³/mol. The Labute approximate surface area is 175 Å². The van der Waals surface area contributed by atoms with Crippen LogP contribution in [0.2, 0.25) is 0 Å². The number of carbonyl (C=O) groups excluding carboxylic acids is 1. The van der Waals surface area contributed by atoms with Crippen LogP contribution in [0.1, 0.15) is 48.3 Å². The fourth-order valence-corrected chi connectivity index (χ4v) is 3.72. The van der Waals surface area contributed by atoms with E-state index in [4.69, 9.17) is 13.9 Å². The maximum absolute atomic E-state index is 12.9. The summed E-state index contributed by atoms with van der Waals surface area (Å²) in [4.78, 5) is 26.1. The van der Waals surface area contributed by atoms with Crippen LogP contribution in [-0.2, 0) is 0 Å². The lowest BCUT2D eigenvalue weighted by atomic mass is 10.1. The van der Waals surface area contributed by atoms with E-state index in [0.717, 1.165) is 31.7 Å². The summed E-state index contributed by atoms with van der Waals surface area (Å²) >= 11 is 0. The number of nitrogens with zero attached hydrogens (tertiary/aromatic N) is 2. The van der Waals surface area contributed by atoms with Crippen LogP contribution in [0.15, 0.2) is 34.9 Å². The normalized spacial score (nSPS) is 15.4. The van der Waals surface area contributed by atoms with Crippen LogP contribution < -0.4 is 14.8 Å². The average molecular weight is 417 g/mol. The Kier molecular flexibility index (Phi) is 7.29. The van der Waals surface area contributed by atoms with Crippen LogP contribution in [0.3, 0.4) is 0 Å². The van der Waals surface area contributed by atoms with Crippen molar-refractivity contribution in [1.29, 1.82) is 0 Å². The number of ether oxygens (including phenoxy) is 2. The molecule has 1 aliphatic rings. The summed E-state index contributed by atoms with van der Waals surface area (Å²) < 4.78 is 16.2. The highest BCUT2D eigenvalue weighted by Gasteiger charge is 2.28. The van der Waals surface area contributed by atoms with Crippen molar-refractivity contribution < 1.29 is 23.6 Å². The number of carbonyl (C=O) groups is 1. The molecular weight excluding hydrogens is 390 g/mol. The van der Waals surface area contributed by atoms with Gasteiger partial charge in [-0.15, -0.1) is 0 Å². The second kappa shape index (κ2) is 10.1. The number of piperidine rings is 1. The Morgan fingerprint density at radius 3 is 2.67 bits per heavy atom. The van der Waals surface area contributed by atoms with Gasteiger partial charge in [0.15, 0.2) is 11.5 Å². The van der Waals surface area contributed by atoms with Crippen molar-refractivity contribution in [1.82, 2.24) is 10.2 Å². The first kappa shape index (κ1) is 21.6. The fraction of sp³-hybridized carbons (Fsp3) is 0.476. The molecule has 1 N–H and O–H groups in total. The van der Waals surface area contributed by atoms with Gasteiger partial charge >= 0.3 is 0 Å². The van der Waals surface area contributed by atoms with Gasteiger partial charge in [-0.3, -0.25) is 19.8 Å². The van der Waals surface area contributed by atoms with Crippen molar-refractivity contribution >= 4 is 11.6 Å². The summed E-state index contributed by atoms with van der Waals surface area (Å²) in [5.74, 6) is 0.712. The zero-order valence-electron chi connectivity index (χ0n) is 17.3. The van der Waals surface area contributed by atoms with E-state index >= 15 is 0 Å². The molecule has 1 aromatic heterocycles. The third-order valence-corrected chi connectivity index (χ3v) is 5.18. The lowest BCUT2D eigenvalue weighted by Gasteiger charge is -2.33. The van der Waals surface area contributed by atoms with Crippen molar-refractivity contribution in [2.75, 3.05) is 33.4 Å². The van der Waals surface area contributed by atoms with Gasteiger partial charge in [0.2, 0.25) is 0 Å². The van der Waals surface area contributed by atoms with E-state index in [1.807, 2.05) is 12.1 Å². The highest BCUT2D eigenvalue weighted by molar-refractivity contribution is 5.99. The Bertz CT molecular complexity index is 862. The second-order valence-electron chi connectivity index (χ2n) is 7.05. The topological polar surface area (TPSA) is 107 Å². The Balaban J connectivity index is 1.82. The predicted octanol–water partition coefficient (Wildman–Crippen LogP) is 3.55. The molecule has 9 nitrogen and oxygen atoms in total. The van der Waals surface area contributed by atoms with E-state index in [1.54, 1.807) is 13.2 Å². The molecular formula is C21H27N3O6. The number of likely N-dealkylation sites (tertiary alicyclic amines) is 1. The standard InChI is InChI=1S/C21H27N3O6/c1-3-29-20-13-16(24(26)27)15(12-19(20)28-2)21(25)22-14-17(18-8-7-11-30-18)23-9-5-4-6-10-23/h7-8,11-13,17H,3-6,9-10,14H2,1-2H3,(H,22,25). The number of hydrogen-bond donors (Lipinski definition) is 1. The van der Waals surface area contributed by atoms with Gasteiger partial charge in [-0.1, -0.05) is 6.42 Å². The van der Waals surface area contributed by atoms with Crippen molar-refractivity contribution in [2.24, 2.45) is 0 Å². The molecule has 2 aromatic rings. The Morgan fingerprint density at radius 1 is 1.30 bits per heavy atom. The molecule has 1 atom stereocenters. The van der Waals surface area contributed by atoms with Gasteiger partial charge in [-0.25, -0.2) is 0 Å². The first-order valence-electron chi connectivity index (χ1n) is 10.1. The summed E-state index contributed by atoms with van der Waals surface area (Å²) in [6, 6.07) is 6.14. The highest BCUT2D eigenvalue weighted by Crippen LogP contribution is 2.35.